The molecule has 2 N–H and O–H groups in total. The molecule has 0 unspecified atom stereocenters. The van der Waals surface area contributed by atoms with Gasteiger partial charge in [-0.15, -0.1) is 24.8 Å². The molecule has 2 rings (SSSR count). The second-order valence-electron chi connectivity index (χ2n) is 7.25. The topological polar surface area (TPSA) is 48.8 Å². The Morgan fingerprint density at radius 2 is 0.885 bits per heavy atom. The van der Waals surface area contributed by atoms with Crippen molar-refractivity contribution < 1.29 is 0 Å². The molecule has 0 fully saturated rings. The van der Waals surface area contributed by atoms with Crippen LogP contribution in [-0.4, -0.2) is 37.9 Å². The lowest BCUT2D eigenvalue weighted by Gasteiger charge is -2.14. The fourth-order valence-corrected chi connectivity index (χ4v) is 3.50. The van der Waals surface area contributed by atoms with Crippen molar-refractivity contribution >= 4 is 36.5 Å². The van der Waals surface area contributed by atoms with E-state index < -0.39 is 0 Å². The van der Waals surface area contributed by atoms with Crippen LogP contribution in [0.4, 0.5) is 0 Å². The Labute approximate surface area is 173 Å². The average Bonchev–Trinajstić information content (AvgIpc) is 2.64. The van der Waals surface area contributed by atoms with Gasteiger partial charge in [-0.2, -0.15) is 0 Å². The second-order valence-corrected chi connectivity index (χ2v) is 7.25. The number of nitrogens with one attached hydrogen (secondary N) is 2. The minimum Gasteiger partial charge on any atom is -0.374 e. The van der Waals surface area contributed by atoms with Gasteiger partial charge in [-0.25, -0.2) is 0 Å². The largest absolute Gasteiger partial charge is 0.374 e. The number of amidine groups is 2. The molecule has 0 aromatic heterocycles. The molecule has 0 radical (unpaired) electrons. The third kappa shape index (κ3) is 12.8. The standard InChI is InChI=1S/C20H38N4.2ClH/c1(3-5-7-9-13-19-21-15-11-16-22-19)2-4-6-8-10-14-20-23-17-12-18-24-20;;/h1-18H2,(H,21,22)(H,23,24);2*1H. The van der Waals surface area contributed by atoms with Gasteiger partial charge in [0.25, 0.3) is 0 Å². The van der Waals surface area contributed by atoms with Crippen LogP contribution < -0.4 is 10.6 Å². The lowest BCUT2D eigenvalue weighted by atomic mass is 10.0. The maximum Gasteiger partial charge on any atom is 0.0963 e. The first kappa shape index (κ1) is 25.5. The van der Waals surface area contributed by atoms with Crippen molar-refractivity contribution in [2.24, 2.45) is 9.98 Å². The Kier molecular flexibility index (Phi) is 17.6. The van der Waals surface area contributed by atoms with Gasteiger partial charge >= 0.3 is 0 Å². The molecule has 0 aromatic rings. The van der Waals surface area contributed by atoms with E-state index in [0.717, 1.165) is 26.2 Å². The third-order valence-electron chi connectivity index (χ3n) is 5.01. The van der Waals surface area contributed by atoms with E-state index in [4.69, 9.17) is 0 Å². The third-order valence-corrected chi connectivity index (χ3v) is 5.01. The van der Waals surface area contributed by atoms with Crippen molar-refractivity contribution in [2.75, 3.05) is 26.2 Å². The van der Waals surface area contributed by atoms with E-state index in [2.05, 4.69) is 20.6 Å². The second kappa shape index (κ2) is 17.9. The van der Waals surface area contributed by atoms with E-state index in [1.807, 2.05) is 0 Å². The number of rotatable bonds is 13. The van der Waals surface area contributed by atoms with E-state index in [1.54, 1.807) is 0 Å². The average molecular weight is 407 g/mol. The van der Waals surface area contributed by atoms with Gasteiger partial charge in [0, 0.05) is 39.0 Å². The number of halogens is 2. The monoisotopic (exact) mass is 406 g/mol. The highest BCUT2D eigenvalue weighted by molar-refractivity contribution is 5.85. The highest BCUT2D eigenvalue weighted by Crippen LogP contribution is 2.12. The molecule has 26 heavy (non-hydrogen) atoms. The summed E-state index contributed by atoms with van der Waals surface area (Å²) < 4.78 is 0. The van der Waals surface area contributed by atoms with Gasteiger partial charge in [-0.05, 0) is 25.7 Å². The van der Waals surface area contributed by atoms with Gasteiger partial charge in [0.1, 0.15) is 0 Å². The summed E-state index contributed by atoms with van der Waals surface area (Å²) >= 11 is 0. The van der Waals surface area contributed by atoms with E-state index in [1.165, 1.54) is 102 Å². The number of unbranched alkanes of at least 4 members (excludes halogenated alkanes) is 9. The summed E-state index contributed by atoms with van der Waals surface area (Å²) in [5.41, 5.74) is 0. The fourth-order valence-electron chi connectivity index (χ4n) is 3.50. The van der Waals surface area contributed by atoms with Crippen molar-refractivity contribution in [3.8, 4) is 0 Å². The first-order valence-electron chi connectivity index (χ1n) is 10.5. The molecule has 154 valence electrons. The Morgan fingerprint density at radius 1 is 0.538 bits per heavy atom. The van der Waals surface area contributed by atoms with E-state index >= 15 is 0 Å². The Bertz CT molecular complexity index is 350. The summed E-state index contributed by atoms with van der Waals surface area (Å²) in [5.74, 6) is 2.52. The molecule has 2 aliphatic heterocycles. The minimum atomic E-state index is 0. The van der Waals surface area contributed by atoms with Gasteiger partial charge in [-0.3, -0.25) is 9.98 Å². The fraction of sp³-hybridized carbons (Fsp3) is 0.900. The highest BCUT2D eigenvalue weighted by Gasteiger charge is 2.04. The summed E-state index contributed by atoms with van der Waals surface area (Å²) in [7, 11) is 0. The molecule has 0 bridgehead atoms. The van der Waals surface area contributed by atoms with Crippen LogP contribution in [0.15, 0.2) is 9.98 Å². The van der Waals surface area contributed by atoms with Crippen molar-refractivity contribution in [2.45, 2.75) is 89.9 Å². The summed E-state index contributed by atoms with van der Waals surface area (Å²) in [6.07, 6.45) is 18.6. The van der Waals surface area contributed by atoms with Crippen molar-refractivity contribution in [3.05, 3.63) is 0 Å². The van der Waals surface area contributed by atoms with E-state index in [9.17, 15) is 0 Å². The molecule has 0 atom stereocenters. The highest BCUT2D eigenvalue weighted by atomic mass is 35.5. The lowest BCUT2D eigenvalue weighted by Crippen LogP contribution is -2.29. The number of hydrogen-bond donors (Lipinski definition) is 2. The summed E-state index contributed by atoms with van der Waals surface area (Å²) in [6, 6.07) is 0. The van der Waals surface area contributed by atoms with Crippen LogP contribution in [0.25, 0.3) is 0 Å². The Hall–Kier alpha value is -0.480. The van der Waals surface area contributed by atoms with Crippen LogP contribution in [0.1, 0.15) is 89.9 Å². The number of aliphatic imine (C=N–C) groups is 2. The zero-order valence-corrected chi connectivity index (χ0v) is 18.1. The molecule has 2 aliphatic rings. The predicted octanol–water partition coefficient (Wildman–Crippen LogP) is 5.29. The van der Waals surface area contributed by atoms with E-state index in [0.29, 0.717) is 0 Å². The predicted molar refractivity (Wildman–Crippen MR) is 120 cm³/mol. The first-order chi connectivity index (χ1) is 11.9. The molecule has 0 saturated carbocycles. The zero-order valence-electron chi connectivity index (χ0n) is 16.4. The van der Waals surface area contributed by atoms with Crippen LogP contribution in [0.3, 0.4) is 0 Å². The maximum atomic E-state index is 4.54. The molecule has 0 aliphatic carbocycles. The molecule has 0 amide bonds. The Balaban J connectivity index is 0.00000312. The number of nitrogens with zero attached hydrogens (tertiary/aromatic N) is 2. The molecule has 0 spiro atoms. The summed E-state index contributed by atoms with van der Waals surface area (Å²) in [6.45, 7) is 4.33. The number of hydrogen-bond acceptors (Lipinski definition) is 4. The smallest absolute Gasteiger partial charge is 0.0963 e. The lowest BCUT2D eigenvalue weighted by molar-refractivity contribution is 0.553. The summed E-state index contributed by atoms with van der Waals surface area (Å²) in [4.78, 5) is 9.07. The van der Waals surface area contributed by atoms with Crippen LogP contribution in [0, 0.1) is 0 Å². The van der Waals surface area contributed by atoms with Gasteiger partial charge < -0.3 is 10.6 Å². The van der Waals surface area contributed by atoms with Crippen molar-refractivity contribution in [1.82, 2.24) is 10.6 Å². The molecular weight excluding hydrogens is 367 g/mol. The first-order valence-corrected chi connectivity index (χ1v) is 10.5. The molecule has 0 aromatic carbocycles. The van der Waals surface area contributed by atoms with Crippen LogP contribution >= 0.6 is 24.8 Å². The minimum absolute atomic E-state index is 0. The maximum absolute atomic E-state index is 4.54. The molecule has 0 saturated heterocycles. The zero-order chi connectivity index (χ0) is 16.7. The van der Waals surface area contributed by atoms with Gasteiger partial charge in [-0.1, -0.05) is 51.4 Å². The Morgan fingerprint density at radius 3 is 1.19 bits per heavy atom. The van der Waals surface area contributed by atoms with Crippen molar-refractivity contribution in [1.29, 1.82) is 0 Å². The van der Waals surface area contributed by atoms with E-state index in [-0.39, 0.29) is 24.8 Å². The quantitative estimate of drug-likeness (QED) is 0.407. The molecule has 2 heterocycles. The van der Waals surface area contributed by atoms with Gasteiger partial charge in [0.2, 0.25) is 0 Å². The van der Waals surface area contributed by atoms with Crippen LogP contribution in [0.2, 0.25) is 0 Å². The molecule has 4 nitrogen and oxygen atoms in total. The van der Waals surface area contributed by atoms with Crippen LogP contribution in [0.5, 0.6) is 0 Å². The molecular formula is C20H40Cl2N4. The van der Waals surface area contributed by atoms with Crippen molar-refractivity contribution in [3.63, 3.8) is 0 Å². The van der Waals surface area contributed by atoms with Gasteiger partial charge in [0.15, 0.2) is 0 Å². The van der Waals surface area contributed by atoms with Crippen LogP contribution in [-0.2, 0) is 0 Å². The van der Waals surface area contributed by atoms with Gasteiger partial charge in [0.05, 0.1) is 11.7 Å². The normalized spacial score (nSPS) is 16.3. The summed E-state index contributed by atoms with van der Waals surface area (Å²) in [5, 5.41) is 6.83. The SMILES string of the molecule is C(CCCCCCC1=NCCCN1)CCCCCC1=NCCCN1.Cl.Cl. The molecule has 6 heteroatoms.